The number of likely N-dealkylation sites (N-methyl/N-ethyl adjacent to an activating group) is 1. The number of hydrogen-bond donors (Lipinski definition) is 1. The molecule has 3 aliphatic heterocycles. The lowest BCUT2D eigenvalue weighted by molar-refractivity contribution is -0.00550. The van der Waals surface area contributed by atoms with Crippen LogP contribution in [-0.2, 0) is 9.47 Å². The molecule has 0 aliphatic carbocycles. The van der Waals surface area contributed by atoms with Gasteiger partial charge in [0.1, 0.15) is 5.60 Å². The van der Waals surface area contributed by atoms with E-state index in [0.717, 1.165) is 51.6 Å². The number of halogens is 1. The quantitative estimate of drug-likeness (QED) is 0.584. The van der Waals surface area contributed by atoms with Crippen molar-refractivity contribution in [1.82, 2.24) is 20.0 Å². The number of carbonyl (C=O) groups excluding carboxylic acids is 1. The van der Waals surface area contributed by atoms with Crippen LogP contribution in [-0.4, -0.2) is 104 Å². The van der Waals surface area contributed by atoms with E-state index in [1.165, 1.54) is 0 Å². The molecule has 1 N–H and O–H groups in total. The molecule has 162 valence electrons. The van der Waals surface area contributed by atoms with Gasteiger partial charge in [-0.2, -0.15) is 0 Å². The maximum Gasteiger partial charge on any atom is 0.410 e. The molecule has 0 saturated carbocycles. The van der Waals surface area contributed by atoms with Crippen molar-refractivity contribution in [3.8, 4) is 0 Å². The van der Waals surface area contributed by atoms with Crippen molar-refractivity contribution in [2.24, 2.45) is 4.99 Å². The highest BCUT2D eigenvalue weighted by atomic mass is 127. The largest absolute Gasteiger partial charge is 0.444 e. The molecule has 2 saturated heterocycles. The lowest BCUT2D eigenvalue weighted by Crippen LogP contribution is -2.60. The number of amides is 1. The summed E-state index contributed by atoms with van der Waals surface area (Å²) in [4.78, 5) is 23.5. The van der Waals surface area contributed by atoms with E-state index in [0.29, 0.717) is 13.1 Å². The van der Waals surface area contributed by atoms with Gasteiger partial charge in [0.15, 0.2) is 5.96 Å². The van der Waals surface area contributed by atoms with E-state index in [9.17, 15) is 4.79 Å². The van der Waals surface area contributed by atoms with Crippen LogP contribution in [0.4, 0.5) is 4.79 Å². The van der Waals surface area contributed by atoms with Crippen LogP contribution >= 0.6 is 24.0 Å². The molecule has 0 aromatic heterocycles. The summed E-state index contributed by atoms with van der Waals surface area (Å²) in [6.45, 7) is 11.0. The van der Waals surface area contributed by atoms with Crippen LogP contribution < -0.4 is 5.32 Å². The van der Waals surface area contributed by atoms with Crippen LogP contribution in [0.2, 0.25) is 0 Å². The molecule has 1 amide bonds. The zero-order chi connectivity index (χ0) is 19.7. The minimum Gasteiger partial charge on any atom is -0.444 e. The number of nitrogens with zero attached hydrogens (tertiary/aromatic N) is 4. The lowest BCUT2D eigenvalue weighted by atomic mass is 9.88. The van der Waals surface area contributed by atoms with Gasteiger partial charge in [-0.3, -0.25) is 4.99 Å². The number of guanidine groups is 1. The normalized spacial score (nSPS) is 24.4. The third-order valence-electron chi connectivity index (χ3n) is 5.81. The smallest absolute Gasteiger partial charge is 0.410 e. The number of aliphatic imine (C=N–C) groups is 1. The number of piperazine rings is 1. The van der Waals surface area contributed by atoms with E-state index in [4.69, 9.17) is 14.5 Å². The van der Waals surface area contributed by atoms with Gasteiger partial charge in [-0.1, -0.05) is 0 Å². The van der Waals surface area contributed by atoms with Crippen LogP contribution in [0.15, 0.2) is 4.99 Å². The molecular formula is C19H36IN5O3. The molecule has 3 heterocycles. The first kappa shape index (κ1) is 23.5. The number of ether oxygens (including phenoxy) is 2. The molecule has 0 aromatic rings. The molecule has 2 fully saturated rings. The Morgan fingerprint density at radius 1 is 1.32 bits per heavy atom. The van der Waals surface area contributed by atoms with Crippen LogP contribution in [0.3, 0.4) is 0 Å². The van der Waals surface area contributed by atoms with E-state index in [-0.39, 0.29) is 41.7 Å². The average molecular weight is 509 g/mol. The third-order valence-corrected chi connectivity index (χ3v) is 5.81. The highest BCUT2D eigenvalue weighted by Gasteiger charge is 2.39. The monoisotopic (exact) mass is 509 g/mol. The summed E-state index contributed by atoms with van der Waals surface area (Å²) < 4.78 is 11.1. The SMILES string of the molecule is CN(C)C1(CNC2=NCC3CN(C(=O)OC(C)(C)C)CCN23)CCOCC1.I. The number of hydrogen-bond acceptors (Lipinski definition) is 7. The first-order chi connectivity index (χ1) is 12.7. The Bertz CT molecular complexity index is 572. The number of rotatable bonds is 3. The fourth-order valence-electron chi connectivity index (χ4n) is 4.00. The Balaban J connectivity index is 0.00000280. The Kier molecular flexibility index (Phi) is 7.83. The lowest BCUT2D eigenvalue weighted by Gasteiger charge is -2.44. The highest BCUT2D eigenvalue weighted by Crippen LogP contribution is 2.26. The van der Waals surface area contributed by atoms with Gasteiger partial charge < -0.3 is 29.5 Å². The van der Waals surface area contributed by atoms with Crippen molar-refractivity contribution < 1.29 is 14.3 Å². The van der Waals surface area contributed by atoms with Gasteiger partial charge in [0.25, 0.3) is 0 Å². The number of fused-ring (bicyclic) bond motifs is 1. The van der Waals surface area contributed by atoms with Crippen LogP contribution in [0.1, 0.15) is 33.6 Å². The van der Waals surface area contributed by atoms with Crippen molar-refractivity contribution in [3.63, 3.8) is 0 Å². The Labute approximate surface area is 186 Å². The molecule has 0 aromatic carbocycles. The van der Waals surface area contributed by atoms with E-state index in [1.54, 1.807) is 0 Å². The zero-order valence-corrected chi connectivity index (χ0v) is 20.2. The molecular weight excluding hydrogens is 473 g/mol. The minimum atomic E-state index is -0.461. The van der Waals surface area contributed by atoms with E-state index in [1.807, 2.05) is 25.7 Å². The molecule has 9 heteroatoms. The van der Waals surface area contributed by atoms with Crippen molar-refractivity contribution in [3.05, 3.63) is 0 Å². The number of carbonyl (C=O) groups is 1. The minimum absolute atomic E-state index is 0. The van der Waals surface area contributed by atoms with Crippen LogP contribution in [0, 0.1) is 0 Å². The molecule has 1 atom stereocenters. The maximum atomic E-state index is 12.3. The van der Waals surface area contributed by atoms with Gasteiger partial charge in [0, 0.05) is 44.9 Å². The van der Waals surface area contributed by atoms with Gasteiger partial charge in [0.05, 0.1) is 12.6 Å². The third kappa shape index (κ3) is 5.41. The summed E-state index contributed by atoms with van der Waals surface area (Å²) in [7, 11) is 4.29. The van der Waals surface area contributed by atoms with Gasteiger partial charge >= 0.3 is 6.09 Å². The average Bonchev–Trinajstić information content (AvgIpc) is 3.01. The molecule has 0 spiro atoms. The van der Waals surface area contributed by atoms with Crippen LogP contribution in [0.25, 0.3) is 0 Å². The topological polar surface area (TPSA) is 69.6 Å². The van der Waals surface area contributed by atoms with Gasteiger partial charge in [-0.05, 0) is 47.7 Å². The van der Waals surface area contributed by atoms with Gasteiger partial charge in [0.2, 0.25) is 0 Å². The highest BCUT2D eigenvalue weighted by molar-refractivity contribution is 14.0. The molecule has 0 radical (unpaired) electrons. The molecule has 3 aliphatic rings. The zero-order valence-electron chi connectivity index (χ0n) is 17.9. The second-order valence-corrected chi connectivity index (χ2v) is 9.02. The van der Waals surface area contributed by atoms with Gasteiger partial charge in [-0.15, -0.1) is 24.0 Å². The summed E-state index contributed by atoms with van der Waals surface area (Å²) in [5.74, 6) is 0.969. The summed E-state index contributed by atoms with van der Waals surface area (Å²) in [6, 6.07) is 0.235. The summed E-state index contributed by atoms with van der Waals surface area (Å²) >= 11 is 0. The Morgan fingerprint density at radius 2 is 2.00 bits per heavy atom. The van der Waals surface area contributed by atoms with Crippen molar-refractivity contribution in [2.75, 3.05) is 60.0 Å². The second kappa shape index (κ2) is 9.34. The van der Waals surface area contributed by atoms with Crippen molar-refractivity contribution >= 4 is 36.0 Å². The summed E-state index contributed by atoms with van der Waals surface area (Å²) in [5.41, 5.74) is -0.353. The summed E-state index contributed by atoms with van der Waals surface area (Å²) in [6.07, 6.45) is 1.82. The standard InChI is InChI=1S/C19H35N5O3.HI/c1-18(2,3)27-17(25)23-8-9-24-15(13-23)12-20-16(24)21-14-19(22(4)5)6-10-26-11-7-19;/h15H,6-14H2,1-5H3,(H,20,21);1H. The molecule has 3 rings (SSSR count). The maximum absolute atomic E-state index is 12.3. The predicted octanol–water partition coefficient (Wildman–Crippen LogP) is 1.60. The molecule has 0 bridgehead atoms. The second-order valence-electron chi connectivity index (χ2n) is 9.02. The molecule has 8 nitrogen and oxygen atoms in total. The fraction of sp³-hybridized carbons (Fsp3) is 0.895. The first-order valence-corrected chi connectivity index (χ1v) is 9.98. The molecule has 1 unspecified atom stereocenters. The fourth-order valence-corrected chi connectivity index (χ4v) is 4.00. The van der Waals surface area contributed by atoms with Gasteiger partial charge in [-0.25, -0.2) is 4.79 Å². The van der Waals surface area contributed by atoms with Crippen molar-refractivity contribution in [1.29, 1.82) is 0 Å². The Hall–Kier alpha value is -0.810. The van der Waals surface area contributed by atoms with Crippen LogP contribution in [0.5, 0.6) is 0 Å². The first-order valence-electron chi connectivity index (χ1n) is 9.98. The van der Waals surface area contributed by atoms with E-state index < -0.39 is 5.60 Å². The van der Waals surface area contributed by atoms with E-state index in [2.05, 4.69) is 29.2 Å². The predicted molar refractivity (Wildman–Crippen MR) is 120 cm³/mol. The van der Waals surface area contributed by atoms with Crippen molar-refractivity contribution in [2.45, 2.75) is 50.8 Å². The summed E-state index contributed by atoms with van der Waals surface area (Å²) in [5, 5.41) is 3.60. The Morgan fingerprint density at radius 3 is 2.61 bits per heavy atom. The van der Waals surface area contributed by atoms with E-state index >= 15 is 0 Å². The molecule has 28 heavy (non-hydrogen) atoms. The number of nitrogens with one attached hydrogen (secondary N) is 1.